The topological polar surface area (TPSA) is 97.1 Å². The molecule has 0 unspecified atom stereocenters. The number of carboxylic acid groups (broad SMARTS) is 1. The molecule has 122 valence electrons. The lowest BCUT2D eigenvalue weighted by Crippen LogP contribution is -2.42. The van der Waals surface area contributed by atoms with E-state index in [0.717, 1.165) is 5.69 Å². The molecule has 0 radical (unpaired) electrons. The first-order chi connectivity index (χ1) is 11.0. The Morgan fingerprint density at radius 1 is 1.22 bits per heavy atom. The predicted molar refractivity (Wildman–Crippen MR) is 84.3 cm³/mol. The molecule has 0 fully saturated rings. The van der Waals surface area contributed by atoms with Gasteiger partial charge in [0.2, 0.25) is 0 Å². The van der Waals surface area contributed by atoms with Crippen LogP contribution in [-0.4, -0.2) is 38.5 Å². The number of carboxylic acids is 1. The van der Waals surface area contributed by atoms with Crippen molar-refractivity contribution in [2.75, 3.05) is 6.54 Å². The Morgan fingerprint density at radius 2 is 1.87 bits per heavy atom. The van der Waals surface area contributed by atoms with Gasteiger partial charge in [-0.15, -0.1) is 5.10 Å². The summed E-state index contributed by atoms with van der Waals surface area (Å²) in [5.41, 5.74) is 0.345. The number of nitrogens with zero attached hydrogens (tertiary/aromatic N) is 3. The first-order valence-corrected chi connectivity index (χ1v) is 7.50. The van der Waals surface area contributed by atoms with Crippen molar-refractivity contribution >= 4 is 11.9 Å². The van der Waals surface area contributed by atoms with Gasteiger partial charge in [0.1, 0.15) is 0 Å². The van der Waals surface area contributed by atoms with Crippen LogP contribution < -0.4 is 5.32 Å². The maximum Gasteiger partial charge on any atom is 0.311 e. The van der Waals surface area contributed by atoms with Gasteiger partial charge < -0.3 is 10.4 Å². The van der Waals surface area contributed by atoms with Crippen LogP contribution in [0.2, 0.25) is 0 Å². The zero-order valence-electron chi connectivity index (χ0n) is 13.2. The number of benzene rings is 1. The molecule has 23 heavy (non-hydrogen) atoms. The number of hydrogen-bond donors (Lipinski definition) is 2. The minimum Gasteiger partial charge on any atom is -0.481 e. The van der Waals surface area contributed by atoms with Gasteiger partial charge in [0.05, 0.1) is 23.5 Å². The summed E-state index contributed by atoms with van der Waals surface area (Å²) >= 11 is 0. The molecule has 0 saturated carbocycles. The maximum atomic E-state index is 12.2. The number of amides is 1. The second-order valence-electron chi connectivity index (χ2n) is 5.37. The van der Waals surface area contributed by atoms with E-state index in [0.29, 0.717) is 18.4 Å². The monoisotopic (exact) mass is 316 g/mol. The van der Waals surface area contributed by atoms with Crippen molar-refractivity contribution in [3.8, 4) is 5.69 Å². The third kappa shape index (κ3) is 3.56. The summed E-state index contributed by atoms with van der Waals surface area (Å²) in [7, 11) is 0. The van der Waals surface area contributed by atoms with E-state index in [1.165, 1.54) is 0 Å². The Kier molecular flexibility index (Phi) is 5.10. The molecule has 7 heteroatoms. The lowest BCUT2D eigenvalue weighted by atomic mass is 9.82. The molecule has 1 amide bonds. The fourth-order valence-electron chi connectivity index (χ4n) is 2.34. The fourth-order valence-corrected chi connectivity index (χ4v) is 2.34. The minimum atomic E-state index is -0.920. The Labute approximate surface area is 134 Å². The van der Waals surface area contributed by atoms with Gasteiger partial charge in [-0.25, -0.2) is 4.68 Å². The summed E-state index contributed by atoms with van der Waals surface area (Å²) in [4.78, 5) is 23.6. The highest BCUT2D eigenvalue weighted by Gasteiger charge is 2.35. The van der Waals surface area contributed by atoms with E-state index < -0.39 is 11.4 Å². The summed E-state index contributed by atoms with van der Waals surface area (Å²) in [6.07, 6.45) is 4.20. The van der Waals surface area contributed by atoms with Crippen molar-refractivity contribution in [1.29, 1.82) is 0 Å². The average Bonchev–Trinajstić information content (AvgIpc) is 3.10. The van der Waals surface area contributed by atoms with Crippen molar-refractivity contribution in [2.24, 2.45) is 5.41 Å². The van der Waals surface area contributed by atoms with Crippen LogP contribution in [0.4, 0.5) is 0 Å². The quantitative estimate of drug-likeness (QED) is 0.813. The zero-order chi connectivity index (χ0) is 16.9. The van der Waals surface area contributed by atoms with Crippen LogP contribution in [0.25, 0.3) is 5.69 Å². The number of aliphatic carboxylic acids is 1. The molecule has 0 saturated heterocycles. The first kappa shape index (κ1) is 16.7. The summed E-state index contributed by atoms with van der Waals surface area (Å²) in [6.45, 7) is 3.74. The second kappa shape index (κ2) is 7.04. The fraction of sp³-hybridized carbons (Fsp3) is 0.375. The van der Waals surface area contributed by atoms with Crippen LogP contribution in [0, 0.1) is 5.41 Å². The minimum absolute atomic E-state index is 0.110. The molecule has 2 rings (SSSR count). The van der Waals surface area contributed by atoms with Crippen LogP contribution >= 0.6 is 0 Å². The van der Waals surface area contributed by atoms with Crippen LogP contribution in [0.15, 0.2) is 36.7 Å². The number of nitrogens with one attached hydrogen (secondary N) is 1. The molecule has 0 atom stereocenters. The number of aromatic nitrogens is 3. The molecule has 1 aromatic heterocycles. The standard InChI is InChI=1S/C16H20N4O3/c1-3-16(4-2,15(22)23)11-17-14(21)12-5-7-13(8-6-12)20-10-9-18-19-20/h5-10H,3-4,11H2,1-2H3,(H,17,21)(H,22,23). The van der Waals surface area contributed by atoms with Crippen molar-refractivity contribution in [2.45, 2.75) is 26.7 Å². The van der Waals surface area contributed by atoms with Crippen LogP contribution in [0.1, 0.15) is 37.0 Å². The van der Waals surface area contributed by atoms with Gasteiger partial charge in [-0.05, 0) is 37.1 Å². The lowest BCUT2D eigenvalue weighted by Gasteiger charge is -2.26. The Morgan fingerprint density at radius 3 is 2.35 bits per heavy atom. The molecule has 0 aliphatic carbocycles. The Hall–Kier alpha value is -2.70. The van der Waals surface area contributed by atoms with Gasteiger partial charge in [-0.2, -0.15) is 0 Å². The molecule has 2 N–H and O–H groups in total. The first-order valence-electron chi connectivity index (χ1n) is 7.50. The highest BCUT2D eigenvalue weighted by molar-refractivity contribution is 5.94. The number of carbonyl (C=O) groups excluding carboxylic acids is 1. The van der Waals surface area contributed by atoms with Gasteiger partial charge in [0, 0.05) is 12.1 Å². The van der Waals surface area contributed by atoms with Gasteiger partial charge >= 0.3 is 5.97 Å². The summed E-state index contributed by atoms with van der Waals surface area (Å²) in [5, 5.41) is 19.7. The van der Waals surface area contributed by atoms with E-state index in [4.69, 9.17) is 0 Å². The van der Waals surface area contributed by atoms with Crippen molar-refractivity contribution in [3.05, 3.63) is 42.2 Å². The SMILES string of the molecule is CCC(CC)(CNC(=O)c1ccc(-n2ccnn2)cc1)C(=O)O. The third-order valence-corrected chi connectivity index (χ3v) is 4.21. The van der Waals surface area contributed by atoms with E-state index in [2.05, 4.69) is 15.6 Å². The average molecular weight is 316 g/mol. The van der Waals surface area contributed by atoms with Crippen LogP contribution in [-0.2, 0) is 4.79 Å². The van der Waals surface area contributed by atoms with Gasteiger partial charge in [0.25, 0.3) is 5.91 Å². The molecular formula is C16H20N4O3. The molecule has 0 spiro atoms. The second-order valence-corrected chi connectivity index (χ2v) is 5.37. The molecular weight excluding hydrogens is 296 g/mol. The van der Waals surface area contributed by atoms with Crippen molar-refractivity contribution in [3.63, 3.8) is 0 Å². The van der Waals surface area contributed by atoms with Crippen LogP contribution in [0.5, 0.6) is 0 Å². The highest BCUT2D eigenvalue weighted by Crippen LogP contribution is 2.25. The molecule has 1 heterocycles. The number of rotatable bonds is 7. The summed E-state index contributed by atoms with van der Waals surface area (Å²) in [5.74, 6) is -1.17. The van der Waals surface area contributed by atoms with Gasteiger partial charge in [-0.3, -0.25) is 9.59 Å². The smallest absolute Gasteiger partial charge is 0.311 e. The largest absolute Gasteiger partial charge is 0.481 e. The van der Waals surface area contributed by atoms with E-state index in [1.54, 1.807) is 41.3 Å². The molecule has 0 aliphatic rings. The van der Waals surface area contributed by atoms with E-state index in [-0.39, 0.29) is 12.5 Å². The normalized spacial score (nSPS) is 11.2. The number of carbonyl (C=O) groups is 2. The third-order valence-electron chi connectivity index (χ3n) is 4.21. The summed E-state index contributed by atoms with van der Waals surface area (Å²) in [6, 6.07) is 6.86. The lowest BCUT2D eigenvalue weighted by molar-refractivity contribution is -0.149. The summed E-state index contributed by atoms with van der Waals surface area (Å²) < 4.78 is 1.59. The van der Waals surface area contributed by atoms with E-state index in [9.17, 15) is 14.7 Å². The predicted octanol–water partition coefficient (Wildman–Crippen LogP) is 1.89. The molecule has 7 nitrogen and oxygen atoms in total. The van der Waals surface area contributed by atoms with E-state index >= 15 is 0 Å². The van der Waals surface area contributed by atoms with Gasteiger partial charge in [-0.1, -0.05) is 19.1 Å². The van der Waals surface area contributed by atoms with Crippen LogP contribution in [0.3, 0.4) is 0 Å². The van der Waals surface area contributed by atoms with Gasteiger partial charge in [0.15, 0.2) is 0 Å². The van der Waals surface area contributed by atoms with Crippen molar-refractivity contribution < 1.29 is 14.7 Å². The Bertz CT molecular complexity index is 661. The molecule has 1 aromatic carbocycles. The highest BCUT2D eigenvalue weighted by atomic mass is 16.4. The molecule has 0 aliphatic heterocycles. The number of hydrogen-bond acceptors (Lipinski definition) is 4. The maximum absolute atomic E-state index is 12.2. The van der Waals surface area contributed by atoms with E-state index in [1.807, 2.05) is 13.8 Å². The van der Waals surface area contributed by atoms with Crippen molar-refractivity contribution in [1.82, 2.24) is 20.3 Å². The Balaban J connectivity index is 2.05. The molecule has 0 bridgehead atoms. The zero-order valence-corrected chi connectivity index (χ0v) is 13.2. The molecule has 2 aromatic rings.